The zero-order valence-electron chi connectivity index (χ0n) is 10.1. The maximum atomic E-state index is 11.0. The number of carboxylic acid groups (broad SMARTS) is 1. The number of carbonyl (C=O) groups is 1. The van der Waals surface area contributed by atoms with Crippen molar-refractivity contribution in [3.63, 3.8) is 0 Å². The number of halogens is 2. The van der Waals surface area contributed by atoms with Crippen LogP contribution in [0.3, 0.4) is 0 Å². The highest BCUT2D eigenvalue weighted by molar-refractivity contribution is 9.11. The SMILES string of the molecule is CN(Cc1csc(Br)c1)c1cc(Br)cc(C(=O)O)c1. The molecular formula is C13H11Br2NO2S. The van der Waals surface area contributed by atoms with Crippen LogP contribution in [-0.4, -0.2) is 18.1 Å². The number of thiophene rings is 1. The standard InChI is InChI=1S/C13H11Br2NO2S/c1-16(6-8-2-12(15)19-7-8)11-4-9(13(17)18)3-10(14)5-11/h2-5,7H,6H2,1H3,(H,17,18). The zero-order chi connectivity index (χ0) is 14.0. The lowest BCUT2D eigenvalue weighted by Crippen LogP contribution is -2.16. The molecule has 0 spiro atoms. The van der Waals surface area contributed by atoms with Gasteiger partial charge in [-0.25, -0.2) is 4.79 Å². The van der Waals surface area contributed by atoms with E-state index in [2.05, 4.69) is 43.3 Å². The molecule has 0 aliphatic carbocycles. The average Bonchev–Trinajstić information content (AvgIpc) is 2.73. The summed E-state index contributed by atoms with van der Waals surface area (Å²) in [7, 11) is 1.94. The predicted molar refractivity (Wildman–Crippen MR) is 85.2 cm³/mol. The highest BCUT2D eigenvalue weighted by Gasteiger charge is 2.10. The Hall–Kier alpha value is -0.850. The third-order valence-corrected chi connectivity index (χ3v) is 4.62. The maximum absolute atomic E-state index is 11.0. The molecule has 0 atom stereocenters. The Balaban J connectivity index is 2.23. The Kier molecular flexibility index (Phi) is 4.65. The number of anilines is 1. The van der Waals surface area contributed by atoms with Crippen molar-refractivity contribution < 1.29 is 9.90 Å². The third-order valence-electron chi connectivity index (χ3n) is 2.61. The molecule has 2 aromatic rings. The van der Waals surface area contributed by atoms with Gasteiger partial charge in [-0.1, -0.05) is 15.9 Å². The minimum atomic E-state index is -0.922. The zero-order valence-corrected chi connectivity index (χ0v) is 14.0. The van der Waals surface area contributed by atoms with E-state index in [0.29, 0.717) is 0 Å². The van der Waals surface area contributed by atoms with E-state index in [9.17, 15) is 4.79 Å². The minimum absolute atomic E-state index is 0.280. The van der Waals surface area contributed by atoms with E-state index in [4.69, 9.17) is 5.11 Å². The molecule has 0 radical (unpaired) electrons. The number of benzene rings is 1. The maximum Gasteiger partial charge on any atom is 0.335 e. The summed E-state index contributed by atoms with van der Waals surface area (Å²) in [6, 6.07) is 7.25. The largest absolute Gasteiger partial charge is 0.478 e. The van der Waals surface area contributed by atoms with Gasteiger partial charge in [0.25, 0.3) is 0 Å². The molecule has 0 unspecified atom stereocenters. The molecule has 1 aromatic carbocycles. The Bertz CT molecular complexity index is 612. The van der Waals surface area contributed by atoms with Crippen LogP contribution in [0.2, 0.25) is 0 Å². The Morgan fingerprint density at radius 3 is 2.63 bits per heavy atom. The van der Waals surface area contributed by atoms with Gasteiger partial charge in [-0.2, -0.15) is 0 Å². The molecule has 0 fully saturated rings. The van der Waals surface area contributed by atoms with Crippen molar-refractivity contribution in [2.75, 3.05) is 11.9 Å². The van der Waals surface area contributed by atoms with Crippen molar-refractivity contribution in [2.24, 2.45) is 0 Å². The topological polar surface area (TPSA) is 40.5 Å². The Morgan fingerprint density at radius 2 is 2.05 bits per heavy atom. The van der Waals surface area contributed by atoms with Gasteiger partial charge < -0.3 is 10.0 Å². The van der Waals surface area contributed by atoms with Gasteiger partial charge >= 0.3 is 5.97 Å². The fourth-order valence-electron chi connectivity index (χ4n) is 1.71. The molecule has 0 amide bonds. The van der Waals surface area contributed by atoms with Gasteiger partial charge in [0.15, 0.2) is 0 Å². The summed E-state index contributed by atoms with van der Waals surface area (Å²) in [4.78, 5) is 13.1. The van der Waals surface area contributed by atoms with E-state index >= 15 is 0 Å². The third kappa shape index (κ3) is 3.81. The summed E-state index contributed by atoms with van der Waals surface area (Å²) in [5, 5.41) is 11.1. The molecule has 19 heavy (non-hydrogen) atoms. The summed E-state index contributed by atoms with van der Waals surface area (Å²) in [5.41, 5.74) is 2.34. The molecule has 3 nitrogen and oxygen atoms in total. The van der Waals surface area contributed by atoms with Crippen LogP contribution in [0.15, 0.2) is 37.9 Å². The van der Waals surface area contributed by atoms with E-state index in [1.807, 2.05) is 18.0 Å². The van der Waals surface area contributed by atoms with Gasteiger partial charge in [0.05, 0.1) is 9.35 Å². The minimum Gasteiger partial charge on any atom is -0.478 e. The fourth-order valence-corrected chi connectivity index (χ4v) is 3.39. The second-order valence-corrected chi connectivity index (χ2v) is 7.32. The van der Waals surface area contributed by atoms with Crippen LogP contribution in [0.25, 0.3) is 0 Å². The number of aromatic carboxylic acids is 1. The van der Waals surface area contributed by atoms with Gasteiger partial charge in [0, 0.05) is 23.8 Å². The molecule has 0 aliphatic rings. The first-order valence-electron chi connectivity index (χ1n) is 5.43. The van der Waals surface area contributed by atoms with Gasteiger partial charge in [-0.05, 0) is 51.1 Å². The number of rotatable bonds is 4. The molecule has 1 heterocycles. The molecular weight excluding hydrogens is 394 g/mol. The Labute approximate surface area is 132 Å². The van der Waals surface area contributed by atoms with Crippen molar-refractivity contribution in [1.29, 1.82) is 0 Å². The van der Waals surface area contributed by atoms with E-state index < -0.39 is 5.97 Å². The summed E-state index contributed by atoms with van der Waals surface area (Å²) >= 11 is 8.42. The second-order valence-electron chi connectivity index (χ2n) is 4.12. The van der Waals surface area contributed by atoms with Crippen molar-refractivity contribution in [1.82, 2.24) is 0 Å². The van der Waals surface area contributed by atoms with Crippen LogP contribution >= 0.6 is 43.2 Å². The molecule has 0 saturated carbocycles. The summed E-state index contributed by atoms with van der Waals surface area (Å²) in [5.74, 6) is -0.922. The molecule has 6 heteroatoms. The van der Waals surface area contributed by atoms with Crippen LogP contribution < -0.4 is 4.90 Å². The van der Waals surface area contributed by atoms with Crippen LogP contribution in [0.5, 0.6) is 0 Å². The van der Waals surface area contributed by atoms with Crippen molar-refractivity contribution in [3.8, 4) is 0 Å². The van der Waals surface area contributed by atoms with E-state index in [1.54, 1.807) is 23.5 Å². The highest BCUT2D eigenvalue weighted by Crippen LogP contribution is 2.26. The second kappa shape index (κ2) is 6.07. The first-order chi connectivity index (χ1) is 8.95. The van der Waals surface area contributed by atoms with Crippen LogP contribution in [-0.2, 0) is 6.54 Å². The fraction of sp³-hybridized carbons (Fsp3) is 0.154. The van der Waals surface area contributed by atoms with Crippen LogP contribution in [0.4, 0.5) is 5.69 Å². The highest BCUT2D eigenvalue weighted by atomic mass is 79.9. The van der Waals surface area contributed by atoms with Crippen molar-refractivity contribution in [3.05, 3.63) is 49.0 Å². The molecule has 1 aromatic heterocycles. The van der Waals surface area contributed by atoms with Crippen molar-refractivity contribution in [2.45, 2.75) is 6.54 Å². The number of hydrogen-bond acceptors (Lipinski definition) is 3. The number of carboxylic acids is 1. The predicted octanol–water partition coefficient (Wildman–Crippen LogP) is 4.61. The van der Waals surface area contributed by atoms with Gasteiger partial charge in [-0.3, -0.25) is 0 Å². The van der Waals surface area contributed by atoms with Crippen LogP contribution in [0, 0.1) is 0 Å². The average molecular weight is 405 g/mol. The molecule has 100 valence electrons. The van der Waals surface area contributed by atoms with Gasteiger partial charge in [0.2, 0.25) is 0 Å². The van der Waals surface area contributed by atoms with E-state index in [1.165, 1.54) is 5.56 Å². The molecule has 0 aliphatic heterocycles. The lowest BCUT2D eigenvalue weighted by molar-refractivity contribution is 0.0697. The molecule has 0 bridgehead atoms. The first-order valence-corrected chi connectivity index (χ1v) is 7.90. The van der Waals surface area contributed by atoms with Gasteiger partial charge in [-0.15, -0.1) is 11.3 Å². The lowest BCUT2D eigenvalue weighted by Gasteiger charge is -2.19. The first kappa shape index (κ1) is 14.6. The van der Waals surface area contributed by atoms with E-state index in [-0.39, 0.29) is 5.56 Å². The summed E-state index contributed by atoms with van der Waals surface area (Å²) < 4.78 is 1.86. The molecule has 2 rings (SSSR count). The lowest BCUT2D eigenvalue weighted by atomic mass is 10.2. The van der Waals surface area contributed by atoms with E-state index in [0.717, 1.165) is 20.5 Å². The normalized spacial score (nSPS) is 10.5. The van der Waals surface area contributed by atoms with Crippen molar-refractivity contribution >= 4 is 54.9 Å². The summed E-state index contributed by atoms with van der Waals surface area (Å²) in [6.45, 7) is 0.734. The van der Waals surface area contributed by atoms with Gasteiger partial charge in [0.1, 0.15) is 0 Å². The summed E-state index contributed by atoms with van der Waals surface area (Å²) in [6.07, 6.45) is 0. The Morgan fingerprint density at radius 1 is 1.32 bits per heavy atom. The molecule has 1 N–H and O–H groups in total. The number of nitrogens with zero attached hydrogens (tertiary/aromatic N) is 1. The number of hydrogen-bond donors (Lipinski definition) is 1. The van der Waals surface area contributed by atoms with Crippen LogP contribution in [0.1, 0.15) is 15.9 Å². The molecule has 0 saturated heterocycles. The monoisotopic (exact) mass is 403 g/mol. The quantitative estimate of drug-likeness (QED) is 0.808. The smallest absolute Gasteiger partial charge is 0.335 e.